The predicted octanol–water partition coefficient (Wildman–Crippen LogP) is -1.86. The van der Waals surface area contributed by atoms with Crippen molar-refractivity contribution in [3.05, 3.63) is 23.3 Å². The quantitative estimate of drug-likeness (QED) is 0.452. The van der Waals surface area contributed by atoms with Gasteiger partial charge in [-0.3, -0.25) is 0 Å². The Hall–Kier alpha value is -0.215. The van der Waals surface area contributed by atoms with Crippen molar-refractivity contribution in [2.75, 3.05) is 19.0 Å². The summed E-state index contributed by atoms with van der Waals surface area (Å²) in [5, 5.41) is 31.8. The first-order valence-corrected chi connectivity index (χ1v) is 9.83. The van der Waals surface area contributed by atoms with Gasteiger partial charge in [0, 0.05) is 23.7 Å². The van der Waals surface area contributed by atoms with Crippen LogP contribution in [0, 0.1) is 5.92 Å². The van der Waals surface area contributed by atoms with E-state index in [1.165, 1.54) is 11.8 Å². The Bertz CT molecular complexity index is 694. The monoisotopic (exact) mass is 387 g/mol. The van der Waals surface area contributed by atoms with Crippen LogP contribution in [0.25, 0.3) is 0 Å². The predicted molar refractivity (Wildman–Crippen MR) is 91.6 cm³/mol. The molecule has 2 N–H and O–H groups in total. The molecule has 2 atom stereocenters. The first-order valence-electron chi connectivity index (χ1n) is 8.84. The molecular weight excluding hydrogens is 366 g/mol. The number of hydrogen-bond acceptors (Lipinski definition) is 7. The van der Waals surface area contributed by atoms with Crippen molar-refractivity contribution in [1.29, 1.82) is 0 Å². The van der Waals surface area contributed by atoms with E-state index in [4.69, 9.17) is 9.39 Å². The third kappa shape index (κ3) is 3.97. The Morgan fingerprint density at radius 2 is 2.04 bits per heavy atom. The summed E-state index contributed by atoms with van der Waals surface area (Å²) in [6, 6.07) is 3.65. The van der Waals surface area contributed by atoms with E-state index in [-0.39, 0.29) is 52.6 Å². The molecule has 1 aliphatic carbocycles. The van der Waals surface area contributed by atoms with Crippen LogP contribution in [-0.2, 0) is 4.74 Å². The molecule has 2 aliphatic heterocycles. The number of carboxylic acid groups (broad SMARTS) is 1. The molecule has 1 aromatic rings. The second kappa shape index (κ2) is 8.03. The Morgan fingerprint density at radius 1 is 1.31 bits per heavy atom. The SMILES string of the molecule is O=C([O-])c1c(SCCC2CCOCC2)ccc2c1O[B-](O)(O)[C@H]1C[C@@H]21.[Na+]. The molecule has 2 fully saturated rings. The molecule has 0 spiro atoms. The Kier molecular flexibility index (Phi) is 6.34. The molecule has 1 aromatic carbocycles. The summed E-state index contributed by atoms with van der Waals surface area (Å²) in [6.45, 7) is -1.40. The topological polar surface area (TPSA) is 99.1 Å². The van der Waals surface area contributed by atoms with Gasteiger partial charge >= 0.3 is 36.3 Å². The molecule has 6 nitrogen and oxygen atoms in total. The van der Waals surface area contributed by atoms with Gasteiger partial charge in [0.1, 0.15) is 0 Å². The zero-order valence-electron chi connectivity index (χ0n) is 14.8. The van der Waals surface area contributed by atoms with Crippen molar-refractivity contribution in [3.8, 4) is 5.75 Å². The Labute approximate surface area is 178 Å². The number of ether oxygens (including phenoxy) is 1. The van der Waals surface area contributed by atoms with Crippen LogP contribution in [0.2, 0.25) is 5.82 Å². The molecule has 26 heavy (non-hydrogen) atoms. The normalized spacial score (nSPS) is 26.1. The molecule has 0 bridgehead atoms. The van der Waals surface area contributed by atoms with E-state index in [1.54, 1.807) is 6.07 Å². The second-order valence-electron chi connectivity index (χ2n) is 7.22. The van der Waals surface area contributed by atoms with Gasteiger partial charge in [-0.1, -0.05) is 18.3 Å². The van der Waals surface area contributed by atoms with Crippen LogP contribution in [0.1, 0.15) is 47.5 Å². The molecule has 1 saturated heterocycles. The minimum Gasteiger partial charge on any atom is -0.669 e. The second-order valence-corrected chi connectivity index (χ2v) is 8.36. The first kappa shape index (κ1) is 20.5. The Morgan fingerprint density at radius 3 is 2.73 bits per heavy atom. The van der Waals surface area contributed by atoms with Crippen LogP contribution in [0.15, 0.2) is 17.0 Å². The summed E-state index contributed by atoms with van der Waals surface area (Å²) in [4.78, 5) is 12.3. The van der Waals surface area contributed by atoms with Crippen molar-refractivity contribution in [2.24, 2.45) is 5.92 Å². The van der Waals surface area contributed by atoms with E-state index >= 15 is 0 Å². The van der Waals surface area contributed by atoms with Gasteiger partial charge in [0.15, 0.2) is 0 Å². The van der Waals surface area contributed by atoms with Gasteiger partial charge in [0.05, 0.1) is 11.7 Å². The summed E-state index contributed by atoms with van der Waals surface area (Å²) in [5.74, 6) is -0.201. The van der Waals surface area contributed by atoms with Crippen molar-refractivity contribution in [2.45, 2.75) is 42.3 Å². The van der Waals surface area contributed by atoms with Gasteiger partial charge in [0.25, 0.3) is 0 Å². The molecule has 136 valence electrons. The van der Waals surface area contributed by atoms with E-state index in [9.17, 15) is 19.9 Å². The van der Waals surface area contributed by atoms with Crippen molar-refractivity contribution < 1.29 is 58.9 Å². The molecule has 1 saturated carbocycles. The van der Waals surface area contributed by atoms with Gasteiger partial charge in [-0.2, -0.15) is 0 Å². The van der Waals surface area contributed by atoms with Crippen molar-refractivity contribution >= 4 is 24.5 Å². The summed E-state index contributed by atoms with van der Waals surface area (Å²) < 4.78 is 10.7. The number of carbonyl (C=O) groups excluding carboxylic acids is 1. The van der Waals surface area contributed by atoms with Crippen LogP contribution < -0.4 is 39.3 Å². The van der Waals surface area contributed by atoms with Gasteiger partial charge in [-0.25, -0.2) is 0 Å². The Balaban J connectivity index is 0.00000196. The van der Waals surface area contributed by atoms with Crippen LogP contribution in [-0.4, -0.2) is 41.7 Å². The minimum atomic E-state index is -2.99. The number of carboxylic acids is 1. The zero-order chi connectivity index (χ0) is 17.6. The molecule has 0 aromatic heterocycles. The molecular formula is C17H21BNaO6S-. The van der Waals surface area contributed by atoms with Crippen LogP contribution >= 0.6 is 11.8 Å². The van der Waals surface area contributed by atoms with E-state index in [0.717, 1.165) is 43.8 Å². The maximum Gasteiger partial charge on any atom is 1.00 e. The van der Waals surface area contributed by atoms with Gasteiger partial charge < -0.3 is 29.3 Å². The van der Waals surface area contributed by atoms with E-state index < -0.39 is 12.7 Å². The van der Waals surface area contributed by atoms with Crippen LogP contribution in [0.4, 0.5) is 0 Å². The number of benzene rings is 1. The third-order valence-corrected chi connectivity index (χ3v) is 6.66. The molecule has 3 aliphatic rings. The van der Waals surface area contributed by atoms with Gasteiger partial charge in [-0.15, -0.1) is 11.8 Å². The number of rotatable bonds is 5. The summed E-state index contributed by atoms with van der Waals surface area (Å²) in [6.07, 6.45) is 3.70. The minimum absolute atomic E-state index is 0. The van der Waals surface area contributed by atoms with Crippen molar-refractivity contribution in [1.82, 2.24) is 0 Å². The summed E-state index contributed by atoms with van der Waals surface area (Å²) >= 11 is 1.46. The van der Waals surface area contributed by atoms with E-state index in [2.05, 4.69) is 0 Å². The third-order valence-electron chi connectivity index (χ3n) is 5.57. The molecule has 2 heterocycles. The first-order chi connectivity index (χ1) is 12.0. The maximum absolute atomic E-state index is 11.7. The average Bonchev–Trinajstić information content (AvgIpc) is 3.37. The fraction of sp³-hybridized carbons (Fsp3) is 0.588. The van der Waals surface area contributed by atoms with Crippen molar-refractivity contribution in [3.63, 3.8) is 0 Å². The number of carbonyl (C=O) groups is 1. The zero-order valence-corrected chi connectivity index (χ0v) is 17.7. The van der Waals surface area contributed by atoms with Crippen LogP contribution in [0.5, 0.6) is 5.75 Å². The molecule has 0 amide bonds. The van der Waals surface area contributed by atoms with Gasteiger partial charge in [0.2, 0.25) is 0 Å². The maximum atomic E-state index is 11.7. The standard InChI is InChI=1S/C17H22BO6S.Na/c19-17(20)15-14(25-8-5-10-3-6-23-7-4-10)2-1-11-12-9-13(12)18(21,22)24-16(11)15;/h1-2,10,12-13,21-22H,3-9H2,(H,19,20);/q-1;+1/p-1/t12-,13-;/m0./s1. The molecule has 4 rings (SSSR count). The molecule has 0 unspecified atom stereocenters. The largest absolute Gasteiger partial charge is 1.00 e. The van der Waals surface area contributed by atoms with E-state index in [0.29, 0.717) is 17.2 Å². The fourth-order valence-electron chi connectivity index (χ4n) is 4.00. The fourth-order valence-corrected chi connectivity index (χ4v) is 5.15. The number of thioether (sulfide) groups is 1. The smallest absolute Gasteiger partial charge is 0.669 e. The molecule has 0 radical (unpaired) electrons. The number of hydrogen-bond donors (Lipinski definition) is 2. The summed E-state index contributed by atoms with van der Waals surface area (Å²) in [5.41, 5.74) is 0.702. The molecule has 9 heteroatoms. The van der Waals surface area contributed by atoms with Crippen LogP contribution in [0.3, 0.4) is 0 Å². The van der Waals surface area contributed by atoms with E-state index in [1.807, 2.05) is 6.07 Å². The number of aromatic carboxylic acids is 1. The number of fused-ring (bicyclic) bond motifs is 3. The summed E-state index contributed by atoms with van der Waals surface area (Å²) in [7, 11) is 0. The van der Waals surface area contributed by atoms with Gasteiger partial charge in [-0.05, 0) is 48.5 Å². The average molecular weight is 387 g/mol.